The van der Waals surface area contributed by atoms with Crippen molar-refractivity contribution >= 4 is 29.2 Å². The molecular formula is C20H19F2N3O2. The molecule has 2 unspecified atom stereocenters. The average molecular weight is 371 g/mol. The molecule has 5 nitrogen and oxygen atoms in total. The number of hydrogen-bond acceptors (Lipinski definition) is 4. The summed E-state index contributed by atoms with van der Waals surface area (Å²) in [5.41, 5.74) is 1.86. The van der Waals surface area contributed by atoms with Crippen LogP contribution in [0.2, 0.25) is 0 Å². The predicted octanol–water partition coefficient (Wildman–Crippen LogP) is 3.99. The van der Waals surface area contributed by atoms with Crippen LogP contribution in [0.3, 0.4) is 0 Å². The molecule has 2 N–H and O–H groups in total. The Morgan fingerprint density at radius 1 is 1.26 bits per heavy atom. The van der Waals surface area contributed by atoms with Crippen LogP contribution in [0.15, 0.2) is 41.4 Å². The minimum Gasteiger partial charge on any atom is -0.380 e. The molecule has 2 heterocycles. The van der Waals surface area contributed by atoms with Gasteiger partial charge in [-0.25, -0.2) is 8.78 Å². The molecule has 2 aromatic carbocycles. The third-order valence-corrected chi connectivity index (χ3v) is 4.76. The van der Waals surface area contributed by atoms with Crippen LogP contribution in [0.5, 0.6) is 0 Å². The van der Waals surface area contributed by atoms with E-state index in [0.29, 0.717) is 29.2 Å². The Morgan fingerprint density at radius 2 is 2.15 bits per heavy atom. The van der Waals surface area contributed by atoms with E-state index in [1.807, 2.05) is 0 Å². The van der Waals surface area contributed by atoms with E-state index in [0.717, 1.165) is 19.4 Å². The zero-order chi connectivity index (χ0) is 18.8. The van der Waals surface area contributed by atoms with E-state index >= 15 is 0 Å². The number of fused-ring (bicyclic) bond motifs is 1. The molecule has 1 saturated heterocycles. The van der Waals surface area contributed by atoms with Crippen LogP contribution in [0.25, 0.3) is 0 Å². The molecule has 0 aliphatic carbocycles. The van der Waals surface area contributed by atoms with Crippen molar-refractivity contribution in [3.8, 4) is 0 Å². The smallest absolute Gasteiger partial charge is 0.237 e. The van der Waals surface area contributed by atoms with Crippen molar-refractivity contribution in [1.29, 1.82) is 0 Å². The summed E-state index contributed by atoms with van der Waals surface area (Å²) in [5, 5.41) is 5.73. The fraction of sp³-hybridized carbons (Fsp3) is 0.300. The second-order valence-electron chi connectivity index (χ2n) is 6.66. The molecule has 27 heavy (non-hydrogen) atoms. The largest absolute Gasteiger partial charge is 0.380 e. The molecule has 0 radical (unpaired) electrons. The van der Waals surface area contributed by atoms with Gasteiger partial charge in [-0.15, -0.1) is 0 Å². The minimum atomic E-state index is -0.698. The number of ether oxygens (including phenoxy) is 1. The van der Waals surface area contributed by atoms with E-state index in [2.05, 4.69) is 15.6 Å². The monoisotopic (exact) mass is 371 g/mol. The van der Waals surface area contributed by atoms with Crippen LogP contribution in [0, 0.1) is 11.6 Å². The SMILES string of the molecule is O=C1Nc2ccc(F)cc2C1C=Nc1ccc(NCC2CCCO2)c(F)c1. The molecule has 2 atom stereocenters. The van der Waals surface area contributed by atoms with Gasteiger partial charge in [-0.3, -0.25) is 9.79 Å². The van der Waals surface area contributed by atoms with Crippen LogP contribution in [0.1, 0.15) is 24.3 Å². The van der Waals surface area contributed by atoms with Crippen molar-refractivity contribution in [1.82, 2.24) is 0 Å². The number of anilines is 2. The Bertz CT molecular complexity index is 895. The van der Waals surface area contributed by atoms with Crippen molar-refractivity contribution in [3.05, 3.63) is 53.6 Å². The molecule has 0 spiro atoms. The van der Waals surface area contributed by atoms with E-state index in [-0.39, 0.29) is 12.0 Å². The number of aliphatic imine (C=N–C) groups is 1. The number of benzene rings is 2. The van der Waals surface area contributed by atoms with Gasteiger partial charge >= 0.3 is 0 Å². The molecule has 0 saturated carbocycles. The minimum absolute atomic E-state index is 0.114. The van der Waals surface area contributed by atoms with E-state index in [1.54, 1.807) is 12.1 Å². The maximum atomic E-state index is 14.3. The zero-order valence-electron chi connectivity index (χ0n) is 14.5. The molecule has 2 aliphatic rings. The zero-order valence-corrected chi connectivity index (χ0v) is 14.5. The highest BCUT2D eigenvalue weighted by Gasteiger charge is 2.29. The van der Waals surface area contributed by atoms with Gasteiger partial charge in [0, 0.05) is 31.1 Å². The van der Waals surface area contributed by atoms with Gasteiger partial charge < -0.3 is 15.4 Å². The molecule has 4 rings (SSSR count). The van der Waals surface area contributed by atoms with Crippen LogP contribution >= 0.6 is 0 Å². The highest BCUT2D eigenvalue weighted by molar-refractivity contribution is 6.12. The normalized spacial score (nSPS) is 21.5. The number of nitrogens with one attached hydrogen (secondary N) is 2. The third-order valence-electron chi connectivity index (χ3n) is 4.76. The number of carbonyl (C=O) groups is 1. The first-order valence-corrected chi connectivity index (χ1v) is 8.90. The maximum Gasteiger partial charge on any atom is 0.237 e. The van der Waals surface area contributed by atoms with E-state index < -0.39 is 17.6 Å². The van der Waals surface area contributed by atoms with Gasteiger partial charge in [0.1, 0.15) is 17.6 Å². The van der Waals surface area contributed by atoms with Crippen LogP contribution in [-0.2, 0) is 9.53 Å². The van der Waals surface area contributed by atoms with Gasteiger partial charge in [-0.1, -0.05) is 0 Å². The first-order chi connectivity index (χ1) is 13.1. The Labute approximate surface area is 155 Å². The number of halogens is 2. The summed E-state index contributed by atoms with van der Waals surface area (Å²) in [7, 11) is 0. The van der Waals surface area contributed by atoms with Crippen LogP contribution in [0.4, 0.5) is 25.8 Å². The lowest BCUT2D eigenvalue weighted by Gasteiger charge is -2.12. The highest BCUT2D eigenvalue weighted by atomic mass is 19.1. The Kier molecular flexibility index (Phi) is 4.85. The molecular weight excluding hydrogens is 352 g/mol. The third kappa shape index (κ3) is 3.83. The lowest BCUT2D eigenvalue weighted by molar-refractivity contribution is -0.115. The number of nitrogens with zero attached hydrogens (tertiary/aromatic N) is 1. The van der Waals surface area contributed by atoms with Crippen molar-refractivity contribution in [2.45, 2.75) is 24.9 Å². The molecule has 0 aromatic heterocycles. The molecule has 1 amide bonds. The summed E-state index contributed by atoms with van der Waals surface area (Å²) in [6.45, 7) is 1.31. The maximum absolute atomic E-state index is 14.3. The highest BCUT2D eigenvalue weighted by Crippen LogP contribution is 2.32. The van der Waals surface area contributed by atoms with Gasteiger partial charge in [0.2, 0.25) is 5.91 Å². The van der Waals surface area contributed by atoms with Crippen molar-refractivity contribution in [3.63, 3.8) is 0 Å². The van der Waals surface area contributed by atoms with Crippen molar-refractivity contribution in [2.24, 2.45) is 4.99 Å². The molecule has 140 valence electrons. The summed E-state index contributed by atoms with van der Waals surface area (Å²) in [6, 6.07) is 8.69. The second-order valence-corrected chi connectivity index (χ2v) is 6.66. The van der Waals surface area contributed by atoms with Gasteiger partial charge in [0.15, 0.2) is 0 Å². The van der Waals surface area contributed by atoms with Crippen LogP contribution < -0.4 is 10.6 Å². The summed E-state index contributed by atoms with van der Waals surface area (Å²) < 4.78 is 33.3. The number of amides is 1. The first kappa shape index (κ1) is 17.6. The Hall–Kier alpha value is -2.80. The summed E-state index contributed by atoms with van der Waals surface area (Å²) in [4.78, 5) is 16.3. The standard InChI is InChI=1S/C20H19F2N3O2/c21-12-3-5-18-15(8-12)16(20(26)25-18)11-23-13-4-6-19(17(22)9-13)24-10-14-2-1-7-27-14/h3-6,8-9,11,14,16,24H,1-2,7,10H2,(H,25,26). The lowest BCUT2D eigenvalue weighted by Crippen LogP contribution is -2.18. The van der Waals surface area contributed by atoms with E-state index in [1.165, 1.54) is 30.5 Å². The summed E-state index contributed by atoms with van der Waals surface area (Å²) in [5.74, 6) is -1.83. The summed E-state index contributed by atoms with van der Waals surface area (Å²) >= 11 is 0. The van der Waals surface area contributed by atoms with Crippen LogP contribution in [-0.4, -0.2) is 31.4 Å². The van der Waals surface area contributed by atoms with Gasteiger partial charge in [-0.05, 0) is 48.7 Å². The Balaban J connectivity index is 1.46. The number of hydrogen-bond donors (Lipinski definition) is 2. The Morgan fingerprint density at radius 3 is 2.93 bits per heavy atom. The van der Waals surface area contributed by atoms with Gasteiger partial charge in [-0.2, -0.15) is 0 Å². The quantitative estimate of drug-likeness (QED) is 0.781. The van der Waals surface area contributed by atoms with E-state index in [9.17, 15) is 13.6 Å². The molecule has 2 aromatic rings. The number of rotatable bonds is 5. The molecule has 1 fully saturated rings. The van der Waals surface area contributed by atoms with Crippen molar-refractivity contribution in [2.75, 3.05) is 23.8 Å². The predicted molar refractivity (Wildman–Crippen MR) is 99.8 cm³/mol. The lowest BCUT2D eigenvalue weighted by atomic mass is 10.0. The first-order valence-electron chi connectivity index (χ1n) is 8.90. The second kappa shape index (κ2) is 7.44. The molecule has 0 bridgehead atoms. The number of carbonyl (C=O) groups excluding carboxylic acids is 1. The topological polar surface area (TPSA) is 62.7 Å². The summed E-state index contributed by atoms with van der Waals surface area (Å²) in [6.07, 6.45) is 3.53. The fourth-order valence-corrected chi connectivity index (χ4v) is 3.32. The average Bonchev–Trinajstić information content (AvgIpc) is 3.26. The fourth-order valence-electron chi connectivity index (χ4n) is 3.32. The van der Waals surface area contributed by atoms with Crippen molar-refractivity contribution < 1.29 is 18.3 Å². The molecule has 2 aliphatic heterocycles. The van der Waals surface area contributed by atoms with Gasteiger partial charge in [0.05, 0.1) is 17.5 Å². The molecule has 7 heteroatoms. The van der Waals surface area contributed by atoms with E-state index in [4.69, 9.17) is 4.74 Å². The van der Waals surface area contributed by atoms with Gasteiger partial charge in [0.25, 0.3) is 0 Å².